The summed E-state index contributed by atoms with van der Waals surface area (Å²) in [4.78, 5) is 0. The van der Waals surface area contributed by atoms with Crippen molar-refractivity contribution in [1.29, 1.82) is 0 Å². The lowest BCUT2D eigenvalue weighted by atomic mass is 10.0. The molecule has 0 amide bonds. The van der Waals surface area contributed by atoms with Crippen molar-refractivity contribution in [2.45, 2.75) is 40.0 Å². The van der Waals surface area contributed by atoms with E-state index in [0.717, 1.165) is 19.3 Å². The van der Waals surface area contributed by atoms with E-state index in [-0.39, 0.29) is 6.61 Å². The minimum Gasteiger partial charge on any atom is -0.392 e. The van der Waals surface area contributed by atoms with Crippen LogP contribution >= 0.6 is 0 Å². The summed E-state index contributed by atoms with van der Waals surface area (Å²) >= 11 is 0. The fourth-order valence-electron chi connectivity index (χ4n) is 1.06. The minimum atomic E-state index is 0.234. The van der Waals surface area contributed by atoms with Crippen molar-refractivity contribution >= 4 is 0 Å². The normalized spacial score (nSPS) is 15.1. The average molecular weight is 156 g/mol. The quantitative estimate of drug-likeness (QED) is 0.607. The van der Waals surface area contributed by atoms with Gasteiger partial charge in [-0.15, -0.1) is 0 Å². The van der Waals surface area contributed by atoms with Gasteiger partial charge in [0.05, 0.1) is 6.61 Å². The fourth-order valence-corrected chi connectivity index (χ4v) is 1.06. The standard InChI is InChI=1S/C10H20O/c1-4-6-10(8-11)7-9(3)5-2/h7,9,11H,4-6,8H2,1-3H3/b10-7-. The van der Waals surface area contributed by atoms with Gasteiger partial charge in [-0.1, -0.05) is 39.7 Å². The number of allylic oxidation sites excluding steroid dienone is 1. The Bertz CT molecular complexity index is 116. The molecule has 0 rings (SSSR count). The van der Waals surface area contributed by atoms with Gasteiger partial charge < -0.3 is 5.11 Å². The van der Waals surface area contributed by atoms with E-state index in [0.29, 0.717) is 5.92 Å². The second kappa shape index (κ2) is 6.41. The summed E-state index contributed by atoms with van der Waals surface area (Å²) in [6.07, 6.45) is 5.53. The predicted octanol–water partition coefficient (Wildman–Crippen LogP) is 2.75. The van der Waals surface area contributed by atoms with Crippen LogP contribution in [0.2, 0.25) is 0 Å². The molecule has 0 heterocycles. The van der Waals surface area contributed by atoms with Crippen LogP contribution in [0.5, 0.6) is 0 Å². The summed E-state index contributed by atoms with van der Waals surface area (Å²) in [5.41, 5.74) is 1.20. The van der Waals surface area contributed by atoms with E-state index in [4.69, 9.17) is 5.11 Å². The molecular formula is C10H20O. The Balaban J connectivity index is 3.88. The molecule has 0 aromatic heterocycles. The molecule has 0 saturated carbocycles. The molecule has 11 heavy (non-hydrogen) atoms. The van der Waals surface area contributed by atoms with Crippen LogP contribution in [0.1, 0.15) is 40.0 Å². The molecule has 1 nitrogen and oxygen atoms in total. The summed E-state index contributed by atoms with van der Waals surface area (Å²) in [6, 6.07) is 0. The lowest BCUT2D eigenvalue weighted by Gasteiger charge is -2.05. The first-order chi connectivity index (χ1) is 5.24. The van der Waals surface area contributed by atoms with Gasteiger partial charge in [0.25, 0.3) is 0 Å². The van der Waals surface area contributed by atoms with Gasteiger partial charge in [0.2, 0.25) is 0 Å². The molecular weight excluding hydrogens is 136 g/mol. The molecule has 0 aromatic carbocycles. The monoisotopic (exact) mass is 156 g/mol. The first-order valence-corrected chi connectivity index (χ1v) is 4.55. The van der Waals surface area contributed by atoms with Crippen LogP contribution in [0.25, 0.3) is 0 Å². The van der Waals surface area contributed by atoms with Crippen LogP contribution in [0.3, 0.4) is 0 Å². The van der Waals surface area contributed by atoms with Crippen LogP contribution in [0, 0.1) is 5.92 Å². The molecule has 0 aliphatic carbocycles. The molecule has 66 valence electrons. The van der Waals surface area contributed by atoms with Gasteiger partial charge in [0.1, 0.15) is 0 Å². The number of aliphatic hydroxyl groups is 1. The maximum Gasteiger partial charge on any atom is 0.0641 e. The topological polar surface area (TPSA) is 20.2 Å². The Kier molecular flexibility index (Phi) is 6.24. The van der Waals surface area contributed by atoms with Gasteiger partial charge in [0, 0.05) is 0 Å². The summed E-state index contributed by atoms with van der Waals surface area (Å²) < 4.78 is 0. The van der Waals surface area contributed by atoms with E-state index in [1.807, 2.05) is 0 Å². The highest BCUT2D eigenvalue weighted by molar-refractivity contribution is 5.03. The number of aliphatic hydroxyl groups excluding tert-OH is 1. The third kappa shape index (κ3) is 5.02. The molecule has 0 saturated heterocycles. The third-order valence-electron chi connectivity index (χ3n) is 1.94. The Morgan fingerprint density at radius 1 is 1.45 bits per heavy atom. The lowest BCUT2D eigenvalue weighted by Crippen LogP contribution is -1.94. The van der Waals surface area contributed by atoms with Crippen LogP contribution in [0.15, 0.2) is 11.6 Å². The summed E-state index contributed by atoms with van der Waals surface area (Å²) in [5, 5.41) is 8.93. The number of hydrogen-bond donors (Lipinski definition) is 1. The second-order valence-corrected chi connectivity index (χ2v) is 3.12. The fraction of sp³-hybridized carbons (Fsp3) is 0.800. The van der Waals surface area contributed by atoms with E-state index in [2.05, 4.69) is 26.8 Å². The Hall–Kier alpha value is -0.300. The average Bonchev–Trinajstić information content (AvgIpc) is 2.03. The molecule has 1 heteroatoms. The molecule has 0 spiro atoms. The lowest BCUT2D eigenvalue weighted by molar-refractivity contribution is 0.324. The van der Waals surface area contributed by atoms with Gasteiger partial charge in [0.15, 0.2) is 0 Å². The highest BCUT2D eigenvalue weighted by Crippen LogP contribution is 2.10. The zero-order valence-corrected chi connectivity index (χ0v) is 7.93. The van der Waals surface area contributed by atoms with E-state index < -0.39 is 0 Å². The van der Waals surface area contributed by atoms with Crippen molar-refractivity contribution in [2.24, 2.45) is 5.92 Å². The van der Waals surface area contributed by atoms with Crippen LogP contribution < -0.4 is 0 Å². The summed E-state index contributed by atoms with van der Waals surface area (Å²) in [5.74, 6) is 0.615. The summed E-state index contributed by atoms with van der Waals surface area (Å²) in [7, 11) is 0. The molecule has 1 atom stereocenters. The van der Waals surface area contributed by atoms with E-state index in [1.165, 1.54) is 5.57 Å². The van der Waals surface area contributed by atoms with Crippen molar-refractivity contribution in [3.8, 4) is 0 Å². The van der Waals surface area contributed by atoms with E-state index in [1.54, 1.807) is 0 Å². The first kappa shape index (κ1) is 10.7. The van der Waals surface area contributed by atoms with Gasteiger partial charge in [-0.3, -0.25) is 0 Å². The maximum absolute atomic E-state index is 8.93. The largest absolute Gasteiger partial charge is 0.392 e. The molecule has 0 aliphatic heterocycles. The van der Waals surface area contributed by atoms with Gasteiger partial charge in [-0.05, 0) is 17.9 Å². The van der Waals surface area contributed by atoms with Crippen LogP contribution in [-0.2, 0) is 0 Å². The van der Waals surface area contributed by atoms with E-state index in [9.17, 15) is 0 Å². The predicted molar refractivity (Wildman–Crippen MR) is 49.5 cm³/mol. The van der Waals surface area contributed by atoms with E-state index >= 15 is 0 Å². The van der Waals surface area contributed by atoms with Crippen molar-refractivity contribution in [3.05, 3.63) is 11.6 Å². The molecule has 0 radical (unpaired) electrons. The Labute approximate surface area is 70.1 Å². The molecule has 0 aromatic rings. The minimum absolute atomic E-state index is 0.234. The van der Waals surface area contributed by atoms with Crippen molar-refractivity contribution in [1.82, 2.24) is 0 Å². The van der Waals surface area contributed by atoms with Crippen molar-refractivity contribution in [3.63, 3.8) is 0 Å². The molecule has 1 N–H and O–H groups in total. The number of hydrogen-bond acceptors (Lipinski definition) is 1. The van der Waals surface area contributed by atoms with Crippen LogP contribution in [-0.4, -0.2) is 11.7 Å². The molecule has 0 bridgehead atoms. The smallest absolute Gasteiger partial charge is 0.0641 e. The van der Waals surface area contributed by atoms with Crippen molar-refractivity contribution in [2.75, 3.05) is 6.61 Å². The zero-order chi connectivity index (χ0) is 8.69. The highest BCUT2D eigenvalue weighted by Gasteiger charge is 1.97. The van der Waals surface area contributed by atoms with Crippen LogP contribution in [0.4, 0.5) is 0 Å². The Morgan fingerprint density at radius 2 is 2.09 bits per heavy atom. The van der Waals surface area contributed by atoms with Gasteiger partial charge in [-0.2, -0.15) is 0 Å². The molecule has 1 unspecified atom stereocenters. The molecule has 0 aliphatic rings. The second-order valence-electron chi connectivity index (χ2n) is 3.12. The first-order valence-electron chi connectivity index (χ1n) is 4.55. The molecule has 0 fully saturated rings. The van der Waals surface area contributed by atoms with Gasteiger partial charge >= 0.3 is 0 Å². The van der Waals surface area contributed by atoms with Crippen molar-refractivity contribution < 1.29 is 5.11 Å². The Morgan fingerprint density at radius 3 is 2.45 bits per heavy atom. The van der Waals surface area contributed by atoms with Gasteiger partial charge in [-0.25, -0.2) is 0 Å². The maximum atomic E-state index is 8.93. The number of rotatable bonds is 5. The highest BCUT2D eigenvalue weighted by atomic mass is 16.3. The SMILES string of the molecule is CCC/C(=C/C(C)CC)CO. The zero-order valence-electron chi connectivity index (χ0n) is 7.93. The summed E-state index contributed by atoms with van der Waals surface area (Å²) in [6.45, 7) is 6.73. The third-order valence-corrected chi connectivity index (χ3v) is 1.94.